The van der Waals surface area contributed by atoms with Crippen LogP contribution in [0.1, 0.15) is 92.4 Å². The summed E-state index contributed by atoms with van der Waals surface area (Å²) >= 11 is 0. The topological polar surface area (TPSA) is 129 Å². The Bertz CT molecular complexity index is 581. The van der Waals surface area contributed by atoms with Gasteiger partial charge in [-0.15, -0.1) is 0 Å². The van der Waals surface area contributed by atoms with Gasteiger partial charge < -0.3 is 20.1 Å². The highest BCUT2D eigenvalue weighted by molar-refractivity contribution is 5.76. The van der Waals surface area contributed by atoms with Crippen LogP contribution in [0.3, 0.4) is 0 Å². The first-order valence-corrected chi connectivity index (χ1v) is 9.86. The quantitative estimate of drug-likeness (QED) is 0.372. The van der Waals surface area contributed by atoms with Gasteiger partial charge in [0.15, 0.2) is 0 Å². The molecule has 0 aliphatic carbocycles. The van der Waals surface area contributed by atoms with E-state index in [9.17, 15) is 34.5 Å². The van der Waals surface area contributed by atoms with Gasteiger partial charge in [-0.2, -0.15) is 0 Å². The van der Waals surface area contributed by atoms with E-state index >= 15 is 0 Å². The molecule has 0 spiro atoms. The van der Waals surface area contributed by atoms with Crippen LogP contribution < -0.4 is 0 Å². The monoisotopic (exact) mass is 400 g/mol. The van der Waals surface area contributed by atoms with Crippen LogP contribution in [0.4, 0.5) is 0 Å². The molecule has 0 saturated heterocycles. The summed E-state index contributed by atoms with van der Waals surface area (Å²) in [7, 11) is 0. The predicted octanol–water partition coefficient (Wildman–Crippen LogP) is 4.38. The molecule has 28 heavy (non-hydrogen) atoms. The maximum Gasteiger partial charge on any atom is 0.309 e. The molecule has 162 valence electrons. The number of carboxylic acid groups (broad SMARTS) is 3. The van der Waals surface area contributed by atoms with E-state index in [0.717, 1.165) is 0 Å². The molecular formula is C21H36O7. The molecule has 0 bridgehead atoms. The first-order chi connectivity index (χ1) is 12.7. The molecule has 0 fully saturated rings. The molecule has 0 aliphatic rings. The van der Waals surface area contributed by atoms with E-state index in [1.165, 1.54) is 6.92 Å². The number of carbonyl (C=O) groups is 4. The Hall–Kier alpha value is -1.92. The van der Waals surface area contributed by atoms with Crippen molar-refractivity contribution < 1.29 is 34.5 Å². The third-order valence-corrected chi connectivity index (χ3v) is 5.86. The average Bonchev–Trinajstić information content (AvgIpc) is 2.53. The zero-order valence-corrected chi connectivity index (χ0v) is 17.8. The van der Waals surface area contributed by atoms with Crippen molar-refractivity contribution in [2.75, 3.05) is 0 Å². The van der Waals surface area contributed by atoms with E-state index in [4.69, 9.17) is 0 Å². The van der Waals surface area contributed by atoms with Crippen molar-refractivity contribution >= 4 is 23.7 Å². The third-order valence-electron chi connectivity index (χ3n) is 5.86. The molecule has 7 nitrogen and oxygen atoms in total. The van der Waals surface area contributed by atoms with Gasteiger partial charge in [0.1, 0.15) is 5.78 Å². The molecule has 0 amide bonds. The van der Waals surface area contributed by atoms with Gasteiger partial charge in [0, 0.05) is 6.42 Å². The van der Waals surface area contributed by atoms with Crippen LogP contribution in [0, 0.1) is 16.2 Å². The smallest absolute Gasteiger partial charge is 0.309 e. The summed E-state index contributed by atoms with van der Waals surface area (Å²) in [5.41, 5.74) is -2.91. The summed E-state index contributed by atoms with van der Waals surface area (Å²) in [6.45, 7) is 7.99. The van der Waals surface area contributed by atoms with Crippen LogP contribution in [0.5, 0.6) is 0 Å². The van der Waals surface area contributed by atoms with Gasteiger partial charge in [-0.05, 0) is 73.1 Å². The molecule has 0 saturated carbocycles. The molecule has 2 unspecified atom stereocenters. The van der Waals surface area contributed by atoms with Crippen LogP contribution in [0.25, 0.3) is 0 Å². The average molecular weight is 401 g/mol. The van der Waals surface area contributed by atoms with Gasteiger partial charge in [0.05, 0.1) is 16.2 Å². The molecule has 0 aromatic rings. The Labute approximate surface area is 167 Å². The van der Waals surface area contributed by atoms with Gasteiger partial charge in [0.2, 0.25) is 0 Å². The number of hydrogen-bond acceptors (Lipinski definition) is 4. The lowest BCUT2D eigenvalue weighted by molar-refractivity contribution is -0.150. The number of hydrogen-bond donors (Lipinski definition) is 3. The van der Waals surface area contributed by atoms with E-state index < -0.39 is 34.2 Å². The van der Waals surface area contributed by atoms with Crippen molar-refractivity contribution in [2.24, 2.45) is 16.2 Å². The van der Waals surface area contributed by atoms with E-state index in [-0.39, 0.29) is 5.78 Å². The Morgan fingerprint density at radius 2 is 0.964 bits per heavy atom. The highest BCUT2D eigenvalue weighted by Gasteiger charge is 2.37. The van der Waals surface area contributed by atoms with Crippen LogP contribution in [-0.2, 0) is 19.2 Å². The van der Waals surface area contributed by atoms with Crippen LogP contribution in [0.15, 0.2) is 0 Å². The van der Waals surface area contributed by atoms with E-state index in [0.29, 0.717) is 57.8 Å². The summed E-state index contributed by atoms with van der Waals surface area (Å²) < 4.78 is 0. The van der Waals surface area contributed by atoms with Crippen LogP contribution >= 0.6 is 0 Å². The Morgan fingerprint density at radius 1 is 0.607 bits per heavy atom. The van der Waals surface area contributed by atoms with E-state index in [1.807, 2.05) is 0 Å². The minimum absolute atomic E-state index is 0.0236. The zero-order valence-electron chi connectivity index (χ0n) is 17.8. The molecule has 0 heterocycles. The molecular weight excluding hydrogens is 364 g/mol. The van der Waals surface area contributed by atoms with Crippen LogP contribution in [0.2, 0.25) is 0 Å². The Balaban J connectivity index is 4.82. The van der Waals surface area contributed by atoms with Crippen LogP contribution in [-0.4, -0.2) is 39.0 Å². The van der Waals surface area contributed by atoms with Gasteiger partial charge in [-0.3, -0.25) is 14.4 Å². The van der Waals surface area contributed by atoms with Gasteiger partial charge in [-0.25, -0.2) is 0 Å². The minimum atomic E-state index is -1.02. The largest absolute Gasteiger partial charge is 0.481 e. The lowest BCUT2D eigenvalue weighted by Crippen LogP contribution is -2.31. The maximum atomic E-state index is 11.8. The van der Waals surface area contributed by atoms with Crippen molar-refractivity contribution in [3.8, 4) is 0 Å². The standard InChI is InChI=1S/C21H36O7/c1-15(22)9-6-11-20(4,17(25)26)13-8-14-21(5,18(27)28)12-7-10-19(2,3)16(23)24/h6-14H2,1-5H3,(H,23,24)(H,25,26)(H,27,28). The molecule has 0 rings (SSSR count). The number of Topliss-reactive ketones (excluding diaryl/α,β-unsaturated/α-hetero) is 1. The molecule has 3 N–H and O–H groups in total. The lowest BCUT2D eigenvalue weighted by Gasteiger charge is -2.29. The third kappa shape index (κ3) is 8.40. The normalized spacial score (nSPS) is 16.0. The van der Waals surface area contributed by atoms with Crippen molar-refractivity contribution in [3.63, 3.8) is 0 Å². The molecule has 7 heteroatoms. The number of aliphatic carboxylic acids is 3. The Morgan fingerprint density at radius 3 is 1.29 bits per heavy atom. The number of carbonyl (C=O) groups excluding carboxylic acids is 1. The van der Waals surface area contributed by atoms with Gasteiger partial charge in [-0.1, -0.05) is 12.8 Å². The fourth-order valence-corrected chi connectivity index (χ4v) is 3.30. The molecule has 0 aromatic carbocycles. The van der Waals surface area contributed by atoms with Crippen molar-refractivity contribution in [2.45, 2.75) is 92.4 Å². The summed E-state index contributed by atoms with van der Waals surface area (Å²) in [6, 6.07) is 0. The van der Waals surface area contributed by atoms with Gasteiger partial charge in [0.25, 0.3) is 0 Å². The highest BCUT2D eigenvalue weighted by Crippen LogP contribution is 2.37. The second-order valence-electron chi connectivity index (χ2n) is 9.18. The Kier molecular flexibility index (Phi) is 9.85. The second kappa shape index (κ2) is 10.6. The maximum absolute atomic E-state index is 11.8. The fourth-order valence-electron chi connectivity index (χ4n) is 3.30. The summed E-state index contributed by atoms with van der Waals surface area (Å²) in [5.74, 6) is -2.77. The molecule has 2 atom stereocenters. The highest BCUT2D eigenvalue weighted by atomic mass is 16.4. The summed E-state index contributed by atoms with van der Waals surface area (Å²) in [6.07, 6.45) is 3.50. The lowest BCUT2D eigenvalue weighted by atomic mass is 9.74. The number of rotatable bonds is 15. The first-order valence-electron chi connectivity index (χ1n) is 9.86. The SMILES string of the molecule is CC(=O)CCCC(C)(CCCC(C)(CCCC(C)(C)C(=O)O)C(=O)O)C(=O)O. The predicted molar refractivity (Wildman–Crippen MR) is 105 cm³/mol. The molecule has 0 aliphatic heterocycles. The first kappa shape index (κ1) is 26.1. The number of carboxylic acids is 3. The molecule has 0 aromatic heterocycles. The second-order valence-corrected chi connectivity index (χ2v) is 9.18. The van der Waals surface area contributed by atoms with Gasteiger partial charge >= 0.3 is 17.9 Å². The molecule has 0 radical (unpaired) electrons. The van der Waals surface area contributed by atoms with Crippen molar-refractivity contribution in [1.82, 2.24) is 0 Å². The van der Waals surface area contributed by atoms with Crippen molar-refractivity contribution in [3.05, 3.63) is 0 Å². The summed E-state index contributed by atoms with van der Waals surface area (Å²) in [4.78, 5) is 45.7. The van der Waals surface area contributed by atoms with E-state index in [2.05, 4.69) is 0 Å². The van der Waals surface area contributed by atoms with Crippen molar-refractivity contribution in [1.29, 1.82) is 0 Å². The number of ketones is 1. The minimum Gasteiger partial charge on any atom is -0.481 e. The summed E-state index contributed by atoms with van der Waals surface area (Å²) in [5, 5.41) is 28.4. The zero-order chi connectivity index (χ0) is 22.2. The fraction of sp³-hybridized carbons (Fsp3) is 0.810. The van der Waals surface area contributed by atoms with E-state index in [1.54, 1.807) is 27.7 Å².